The van der Waals surface area contributed by atoms with E-state index in [4.69, 9.17) is 9.47 Å². The van der Waals surface area contributed by atoms with E-state index in [0.717, 1.165) is 11.4 Å². The number of hydrogen-bond acceptors (Lipinski definition) is 8. The molecule has 2 aromatic heterocycles. The summed E-state index contributed by atoms with van der Waals surface area (Å²) in [6, 6.07) is 12.4. The van der Waals surface area contributed by atoms with Crippen molar-refractivity contribution in [2.45, 2.75) is 0 Å². The summed E-state index contributed by atoms with van der Waals surface area (Å²) in [5, 5.41) is 21.3. The molecule has 11 nitrogen and oxygen atoms in total. The summed E-state index contributed by atoms with van der Waals surface area (Å²) in [7, 11) is 1.53. The van der Waals surface area contributed by atoms with Gasteiger partial charge in [-0.1, -0.05) is 0 Å². The van der Waals surface area contributed by atoms with Gasteiger partial charge in [0.2, 0.25) is 0 Å². The van der Waals surface area contributed by atoms with Crippen LogP contribution in [0.4, 0.5) is 5.69 Å². The van der Waals surface area contributed by atoms with Crippen LogP contribution in [0, 0.1) is 0 Å². The van der Waals surface area contributed by atoms with Crippen LogP contribution >= 0.6 is 0 Å². The zero-order chi connectivity index (χ0) is 20.1. The Bertz CT molecular complexity index is 1080. The van der Waals surface area contributed by atoms with E-state index in [2.05, 4.69) is 31.0 Å². The summed E-state index contributed by atoms with van der Waals surface area (Å²) in [4.78, 5) is 12.4. The molecule has 146 valence electrons. The highest BCUT2D eigenvalue weighted by molar-refractivity contribution is 5.93. The number of hydrogen-bond donors (Lipinski definition) is 1. The van der Waals surface area contributed by atoms with Crippen LogP contribution < -0.4 is 14.8 Å². The second kappa shape index (κ2) is 8.17. The fourth-order valence-electron chi connectivity index (χ4n) is 2.60. The molecule has 0 aliphatic rings. The molecule has 0 radical (unpaired) electrons. The number of carbonyl (C=O) groups is 1. The molecule has 0 saturated carbocycles. The monoisotopic (exact) mass is 392 g/mol. The molecule has 0 fully saturated rings. The van der Waals surface area contributed by atoms with Crippen LogP contribution in [0.15, 0.2) is 61.4 Å². The lowest BCUT2D eigenvalue weighted by atomic mass is 10.2. The lowest BCUT2D eigenvalue weighted by Crippen LogP contribution is -2.20. The summed E-state index contributed by atoms with van der Waals surface area (Å²) in [5.41, 5.74) is 2.08. The Balaban J connectivity index is 1.40. The van der Waals surface area contributed by atoms with Crippen molar-refractivity contribution in [1.29, 1.82) is 0 Å². The van der Waals surface area contributed by atoms with Gasteiger partial charge in [-0.2, -0.15) is 0 Å². The lowest BCUT2D eigenvalue weighted by molar-refractivity contribution is -0.118. The van der Waals surface area contributed by atoms with Gasteiger partial charge in [0.05, 0.1) is 24.2 Å². The first-order valence-electron chi connectivity index (χ1n) is 8.52. The molecule has 0 spiro atoms. The van der Waals surface area contributed by atoms with E-state index in [1.807, 2.05) is 6.07 Å². The Morgan fingerprint density at radius 3 is 2.45 bits per heavy atom. The fourth-order valence-corrected chi connectivity index (χ4v) is 2.60. The maximum absolute atomic E-state index is 12.4. The molecule has 2 aromatic carbocycles. The van der Waals surface area contributed by atoms with E-state index in [0.29, 0.717) is 17.2 Å². The van der Waals surface area contributed by atoms with Crippen LogP contribution in [0.25, 0.3) is 11.4 Å². The first-order chi connectivity index (χ1) is 14.2. The van der Waals surface area contributed by atoms with Gasteiger partial charge in [-0.05, 0) is 52.9 Å². The quantitative estimate of drug-likeness (QED) is 0.499. The van der Waals surface area contributed by atoms with Crippen molar-refractivity contribution in [1.82, 2.24) is 35.0 Å². The van der Waals surface area contributed by atoms with E-state index >= 15 is 0 Å². The van der Waals surface area contributed by atoms with Gasteiger partial charge in [0, 0.05) is 0 Å². The summed E-state index contributed by atoms with van der Waals surface area (Å²) >= 11 is 0. The average Bonchev–Trinajstić information content (AvgIpc) is 3.47. The zero-order valence-corrected chi connectivity index (χ0v) is 15.3. The number of aromatic nitrogens is 7. The molecule has 0 unspecified atom stereocenters. The van der Waals surface area contributed by atoms with Crippen molar-refractivity contribution in [3.8, 4) is 22.9 Å². The minimum Gasteiger partial charge on any atom is -0.495 e. The molecule has 1 N–H and O–H groups in total. The number of ether oxygens (including phenoxy) is 2. The lowest BCUT2D eigenvalue weighted by Gasteiger charge is -2.13. The molecular formula is C18H16N8O3. The average molecular weight is 392 g/mol. The Labute approximate surface area is 164 Å². The van der Waals surface area contributed by atoms with Crippen molar-refractivity contribution in [3.63, 3.8) is 0 Å². The first-order valence-corrected chi connectivity index (χ1v) is 8.52. The maximum atomic E-state index is 12.4. The van der Waals surface area contributed by atoms with E-state index in [9.17, 15) is 4.79 Å². The predicted molar refractivity (Wildman–Crippen MR) is 101 cm³/mol. The minimum absolute atomic E-state index is 0.162. The van der Waals surface area contributed by atoms with Gasteiger partial charge in [-0.25, -0.2) is 4.68 Å². The predicted octanol–water partition coefficient (Wildman–Crippen LogP) is 1.27. The van der Waals surface area contributed by atoms with Crippen LogP contribution in [0.3, 0.4) is 0 Å². The number of methoxy groups -OCH3 is 1. The largest absolute Gasteiger partial charge is 0.495 e. The number of tetrazole rings is 1. The topological polar surface area (TPSA) is 122 Å². The van der Waals surface area contributed by atoms with Gasteiger partial charge >= 0.3 is 0 Å². The molecule has 4 aromatic rings. The first kappa shape index (κ1) is 18.1. The third kappa shape index (κ3) is 4.18. The molecule has 1 amide bonds. The van der Waals surface area contributed by atoms with Gasteiger partial charge in [-0.3, -0.25) is 9.36 Å². The highest BCUT2D eigenvalue weighted by atomic mass is 16.5. The number of anilines is 1. The van der Waals surface area contributed by atoms with E-state index in [1.165, 1.54) is 18.1 Å². The van der Waals surface area contributed by atoms with Crippen molar-refractivity contribution >= 4 is 11.6 Å². The van der Waals surface area contributed by atoms with Crippen LogP contribution in [-0.2, 0) is 4.79 Å². The maximum Gasteiger partial charge on any atom is 0.262 e. The molecule has 0 aliphatic heterocycles. The Morgan fingerprint density at radius 2 is 1.76 bits per heavy atom. The van der Waals surface area contributed by atoms with Gasteiger partial charge in [0.25, 0.3) is 5.91 Å². The van der Waals surface area contributed by atoms with Gasteiger partial charge in [0.15, 0.2) is 6.61 Å². The van der Waals surface area contributed by atoms with E-state index < -0.39 is 0 Å². The number of benzene rings is 2. The summed E-state index contributed by atoms with van der Waals surface area (Å²) < 4.78 is 14.1. The Hall–Kier alpha value is -4.28. The SMILES string of the molecule is COc1ccc(-n2cnnc2)cc1NC(=O)COc1ccc(-n2cnnn2)cc1. The standard InChI is InChI=1S/C18H16N8O3/c1-28-17-7-4-14(25-10-19-20-11-25)8-16(17)22-18(27)9-29-15-5-2-13(3-6-15)26-12-21-23-24-26/h2-8,10-12H,9H2,1H3,(H,22,27). The molecule has 29 heavy (non-hydrogen) atoms. The highest BCUT2D eigenvalue weighted by Gasteiger charge is 2.11. The van der Waals surface area contributed by atoms with Gasteiger partial charge in [0.1, 0.15) is 30.5 Å². The molecule has 0 aliphatic carbocycles. The smallest absolute Gasteiger partial charge is 0.262 e. The van der Waals surface area contributed by atoms with E-state index in [-0.39, 0.29) is 12.5 Å². The van der Waals surface area contributed by atoms with Crippen molar-refractivity contribution in [3.05, 3.63) is 61.4 Å². The van der Waals surface area contributed by atoms with Gasteiger partial charge < -0.3 is 14.8 Å². The number of nitrogens with one attached hydrogen (secondary N) is 1. The summed E-state index contributed by atoms with van der Waals surface area (Å²) in [5.74, 6) is 0.747. The molecule has 0 bridgehead atoms. The molecule has 4 rings (SSSR count). The minimum atomic E-state index is -0.325. The number of amides is 1. The molecule has 0 atom stereocenters. The molecule has 11 heteroatoms. The Morgan fingerprint density at radius 1 is 1.00 bits per heavy atom. The fraction of sp³-hybridized carbons (Fsp3) is 0.111. The summed E-state index contributed by atoms with van der Waals surface area (Å²) in [6.07, 6.45) is 4.62. The van der Waals surface area contributed by atoms with Crippen LogP contribution in [0.5, 0.6) is 11.5 Å². The van der Waals surface area contributed by atoms with Crippen LogP contribution in [0.1, 0.15) is 0 Å². The van der Waals surface area contributed by atoms with Crippen molar-refractivity contribution < 1.29 is 14.3 Å². The summed E-state index contributed by atoms with van der Waals surface area (Å²) in [6.45, 7) is -0.162. The second-order valence-corrected chi connectivity index (χ2v) is 5.84. The number of nitrogens with zero attached hydrogens (tertiary/aromatic N) is 7. The molecular weight excluding hydrogens is 376 g/mol. The second-order valence-electron chi connectivity index (χ2n) is 5.84. The third-order valence-corrected chi connectivity index (χ3v) is 3.99. The third-order valence-electron chi connectivity index (χ3n) is 3.99. The van der Waals surface area contributed by atoms with Crippen molar-refractivity contribution in [2.24, 2.45) is 0 Å². The highest BCUT2D eigenvalue weighted by Crippen LogP contribution is 2.27. The van der Waals surface area contributed by atoms with Crippen LogP contribution in [-0.4, -0.2) is 54.6 Å². The zero-order valence-electron chi connectivity index (χ0n) is 15.3. The number of carbonyl (C=O) groups excluding carboxylic acids is 1. The molecule has 2 heterocycles. The van der Waals surface area contributed by atoms with E-state index in [1.54, 1.807) is 53.6 Å². The normalized spacial score (nSPS) is 10.5. The molecule has 0 saturated heterocycles. The Kier molecular flexibility index (Phi) is 5.10. The van der Waals surface area contributed by atoms with Crippen LogP contribution in [0.2, 0.25) is 0 Å². The van der Waals surface area contributed by atoms with Crippen molar-refractivity contribution in [2.75, 3.05) is 19.0 Å². The van der Waals surface area contributed by atoms with Gasteiger partial charge in [-0.15, -0.1) is 15.3 Å². The number of rotatable bonds is 7.